The summed E-state index contributed by atoms with van der Waals surface area (Å²) in [6, 6.07) is 12.2. The highest BCUT2D eigenvalue weighted by molar-refractivity contribution is 5.87. The Morgan fingerprint density at radius 2 is 1.57 bits per heavy atom. The normalized spacial score (nSPS) is 13.0. The molecule has 2 aromatic rings. The maximum absolute atomic E-state index is 12.6. The molecule has 0 saturated heterocycles. The number of aryl methyl sites for hydroxylation is 1. The summed E-state index contributed by atoms with van der Waals surface area (Å²) in [7, 11) is 0. The molecule has 0 amide bonds. The molecule has 1 atom stereocenters. The van der Waals surface area contributed by atoms with Crippen LogP contribution in [0.1, 0.15) is 35.1 Å². The van der Waals surface area contributed by atoms with Crippen LogP contribution in [0.4, 0.5) is 13.2 Å². The standard InChI is InChI=1S/C17H15F3O/c1-11-5-3-4-6-15(11)16(12(2)21)13-7-9-14(10-8-13)17(18,19)20/h3-10,16H,1-2H3. The van der Waals surface area contributed by atoms with Crippen molar-refractivity contribution in [2.24, 2.45) is 0 Å². The van der Waals surface area contributed by atoms with Crippen LogP contribution in [-0.2, 0) is 11.0 Å². The van der Waals surface area contributed by atoms with Gasteiger partial charge in [-0.25, -0.2) is 0 Å². The van der Waals surface area contributed by atoms with Crippen molar-refractivity contribution in [3.8, 4) is 0 Å². The van der Waals surface area contributed by atoms with E-state index in [1.165, 1.54) is 19.1 Å². The topological polar surface area (TPSA) is 17.1 Å². The molecule has 21 heavy (non-hydrogen) atoms. The van der Waals surface area contributed by atoms with E-state index in [-0.39, 0.29) is 5.78 Å². The Morgan fingerprint density at radius 3 is 2.05 bits per heavy atom. The first-order chi connectivity index (χ1) is 9.80. The largest absolute Gasteiger partial charge is 0.416 e. The first kappa shape index (κ1) is 15.3. The lowest BCUT2D eigenvalue weighted by atomic mass is 9.85. The number of hydrogen-bond acceptors (Lipinski definition) is 1. The molecule has 0 aliphatic carbocycles. The smallest absolute Gasteiger partial charge is 0.299 e. The van der Waals surface area contributed by atoms with Gasteiger partial charge in [-0.15, -0.1) is 0 Å². The second-order valence-corrected chi connectivity index (χ2v) is 5.02. The molecular weight excluding hydrogens is 277 g/mol. The molecule has 1 nitrogen and oxygen atoms in total. The van der Waals surface area contributed by atoms with E-state index < -0.39 is 17.7 Å². The second-order valence-electron chi connectivity index (χ2n) is 5.02. The van der Waals surface area contributed by atoms with Gasteiger partial charge in [0.15, 0.2) is 0 Å². The third kappa shape index (κ3) is 3.32. The summed E-state index contributed by atoms with van der Waals surface area (Å²) < 4.78 is 37.8. The summed E-state index contributed by atoms with van der Waals surface area (Å²) >= 11 is 0. The summed E-state index contributed by atoms with van der Waals surface area (Å²) in [5, 5.41) is 0. The van der Waals surface area contributed by atoms with E-state index in [9.17, 15) is 18.0 Å². The van der Waals surface area contributed by atoms with Gasteiger partial charge in [0.05, 0.1) is 11.5 Å². The first-order valence-electron chi connectivity index (χ1n) is 6.54. The van der Waals surface area contributed by atoms with E-state index >= 15 is 0 Å². The third-order valence-corrected chi connectivity index (χ3v) is 3.48. The zero-order valence-corrected chi connectivity index (χ0v) is 11.7. The monoisotopic (exact) mass is 292 g/mol. The average Bonchev–Trinajstić information content (AvgIpc) is 2.40. The molecule has 1 unspecified atom stereocenters. The van der Waals surface area contributed by atoms with Crippen molar-refractivity contribution in [2.75, 3.05) is 0 Å². The Labute approximate surface area is 121 Å². The molecule has 0 spiro atoms. The molecular formula is C17H15F3O. The molecule has 0 bridgehead atoms. The second kappa shape index (κ2) is 5.72. The van der Waals surface area contributed by atoms with E-state index in [0.717, 1.165) is 23.3 Å². The van der Waals surface area contributed by atoms with Gasteiger partial charge in [-0.2, -0.15) is 13.2 Å². The maximum Gasteiger partial charge on any atom is 0.416 e. The Bertz CT molecular complexity index is 642. The van der Waals surface area contributed by atoms with E-state index in [2.05, 4.69) is 0 Å². The van der Waals surface area contributed by atoms with Gasteiger partial charge < -0.3 is 0 Å². The lowest BCUT2D eigenvalue weighted by molar-refractivity contribution is -0.137. The number of Topliss-reactive ketones (excluding diaryl/α,β-unsaturated/α-hetero) is 1. The molecule has 0 N–H and O–H groups in total. The van der Waals surface area contributed by atoms with Crippen LogP contribution < -0.4 is 0 Å². The number of ketones is 1. The Hall–Kier alpha value is -2.10. The van der Waals surface area contributed by atoms with Gasteiger partial charge in [0, 0.05) is 0 Å². The highest BCUT2D eigenvalue weighted by Crippen LogP contribution is 2.32. The molecule has 2 rings (SSSR count). The lowest BCUT2D eigenvalue weighted by Crippen LogP contribution is -2.13. The molecule has 0 radical (unpaired) electrons. The molecule has 4 heteroatoms. The average molecular weight is 292 g/mol. The molecule has 0 aliphatic heterocycles. The molecule has 0 aromatic heterocycles. The van der Waals surface area contributed by atoms with E-state index in [0.29, 0.717) is 5.56 Å². The quantitative estimate of drug-likeness (QED) is 0.799. The van der Waals surface area contributed by atoms with Crippen LogP contribution in [0.15, 0.2) is 48.5 Å². The van der Waals surface area contributed by atoms with Crippen LogP contribution >= 0.6 is 0 Å². The van der Waals surface area contributed by atoms with Crippen LogP contribution in [0.3, 0.4) is 0 Å². The summed E-state index contributed by atoms with van der Waals surface area (Å²) in [6.07, 6.45) is -4.37. The zero-order valence-electron chi connectivity index (χ0n) is 11.7. The molecule has 0 fully saturated rings. The van der Waals surface area contributed by atoms with Gasteiger partial charge >= 0.3 is 6.18 Å². The van der Waals surface area contributed by atoms with Crippen molar-refractivity contribution in [3.63, 3.8) is 0 Å². The van der Waals surface area contributed by atoms with E-state index in [1.54, 1.807) is 0 Å². The van der Waals surface area contributed by atoms with Gasteiger partial charge in [0.2, 0.25) is 0 Å². The first-order valence-corrected chi connectivity index (χ1v) is 6.54. The molecule has 2 aromatic carbocycles. The minimum atomic E-state index is -4.37. The van der Waals surface area contributed by atoms with Crippen LogP contribution in [0.2, 0.25) is 0 Å². The predicted octanol–water partition coefficient (Wildman–Crippen LogP) is 4.73. The number of alkyl halides is 3. The van der Waals surface area contributed by atoms with Gasteiger partial charge in [0.1, 0.15) is 5.78 Å². The highest BCUT2D eigenvalue weighted by atomic mass is 19.4. The summed E-state index contributed by atoms with van der Waals surface area (Å²) in [6.45, 7) is 3.34. The maximum atomic E-state index is 12.6. The van der Waals surface area contributed by atoms with Crippen LogP contribution in [0.5, 0.6) is 0 Å². The van der Waals surface area contributed by atoms with Gasteiger partial charge in [-0.3, -0.25) is 4.79 Å². The van der Waals surface area contributed by atoms with Crippen molar-refractivity contribution in [2.45, 2.75) is 25.9 Å². The van der Waals surface area contributed by atoms with Crippen molar-refractivity contribution in [1.29, 1.82) is 0 Å². The van der Waals surface area contributed by atoms with Crippen molar-refractivity contribution in [3.05, 3.63) is 70.8 Å². The fraction of sp³-hybridized carbons (Fsp3) is 0.235. The van der Waals surface area contributed by atoms with Crippen LogP contribution in [0, 0.1) is 6.92 Å². The number of carbonyl (C=O) groups is 1. The number of benzene rings is 2. The van der Waals surface area contributed by atoms with Crippen molar-refractivity contribution in [1.82, 2.24) is 0 Å². The summed E-state index contributed by atoms with van der Waals surface area (Å²) in [4.78, 5) is 12.0. The summed E-state index contributed by atoms with van der Waals surface area (Å²) in [5.74, 6) is -0.627. The fourth-order valence-electron chi connectivity index (χ4n) is 2.41. The van der Waals surface area contributed by atoms with E-state index in [1.807, 2.05) is 31.2 Å². The van der Waals surface area contributed by atoms with Gasteiger partial charge in [-0.05, 0) is 42.7 Å². The summed E-state index contributed by atoms with van der Waals surface area (Å²) in [5.41, 5.74) is 1.63. The lowest BCUT2D eigenvalue weighted by Gasteiger charge is -2.18. The molecule has 0 aliphatic rings. The fourth-order valence-corrected chi connectivity index (χ4v) is 2.41. The SMILES string of the molecule is CC(=O)C(c1ccc(C(F)(F)F)cc1)c1ccccc1C. The van der Waals surface area contributed by atoms with Crippen LogP contribution in [0.25, 0.3) is 0 Å². The zero-order chi connectivity index (χ0) is 15.6. The van der Waals surface area contributed by atoms with Crippen molar-refractivity contribution < 1.29 is 18.0 Å². The third-order valence-electron chi connectivity index (χ3n) is 3.48. The van der Waals surface area contributed by atoms with Crippen molar-refractivity contribution >= 4 is 5.78 Å². The Morgan fingerprint density at radius 1 is 1.00 bits per heavy atom. The Balaban J connectivity index is 2.45. The Kier molecular flexibility index (Phi) is 4.16. The molecule has 0 heterocycles. The minimum Gasteiger partial charge on any atom is -0.299 e. The molecule has 110 valence electrons. The highest BCUT2D eigenvalue weighted by Gasteiger charge is 2.30. The van der Waals surface area contributed by atoms with E-state index in [4.69, 9.17) is 0 Å². The molecule has 0 saturated carbocycles. The number of carbonyl (C=O) groups excluding carboxylic acids is 1. The minimum absolute atomic E-state index is 0.0935. The number of hydrogen-bond donors (Lipinski definition) is 0. The number of rotatable bonds is 3. The predicted molar refractivity (Wildman–Crippen MR) is 75.1 cm³/mol. The van der Waals surface area contributed by atoms with Gasteiger partial charge in [-0.1, -0.05) is 36.4 Å². The van der Waals surface area contributed by atoms with Gasteiger partial charge in [0.25, 0.3) is 0 Å². The van der Waals surface area contributed by atoms with Crippen LogP contribution in [-0.4, -0.2) is 5.78 Å². The number of halogens is 3.